The first kappa shape index (κ1) is 18.9. The van der Waals surface area contributed by atoms with Crippen LogP contribution in [0, 0.1) is 6.92 Å². The lowest BCUT2D eigenvalue weighted by Crippen LogP contribution is -2.38. The van der Waals surface area contributed by atoms with Gasteiger partial charge in [-0.1, -0.05) is 35.9 Å². The number of hydrogen-bond acceptors (Lipinski definition) is 4. The van der Waals surface area contributed by atoms with Gasteiger partial charge in [0, 0.05) is 12.3 Å². The van der Waals surface area contributed by atoms with Crippen LogP contribution in [0.2, 0.25) is 0 Å². The van der Waals surface area contributed by atoms with E-state index in [0.29, 0.717) is 6.26 Å². The van der Waals surface area contributed by atoms with Crippen LogP contribution in [-0.2, 0) is 10.1 Å². The number of aromatic nitrogens is 1. The lowest BCUT2D eigenvalue weighted by atomic mass is 10.1. The molecule has 0 aliphatic carbocycles. The maximum atomic E-state index is 9.08. The number of aryl methyl sites for hydroxylation is 1. The third-order valence-corrected chi connectivity index (χ3v) is 2.81. The fraction of sp³-hybridized carbons (Fsp3) is 0.235. The fourth-order valence-corrected chi connectivity index (χ4v) is 1.80. The van der Waals surface area contributed by atoms with Gasteiger partial charge in [-0.3, -0.25) is 4.90 Å². The van der Waals surface area contributed by atoms with Crippen LogP contribution in [0.25, 0.3) is 11.9 Å². The third kappa shape index (κ3) is 8.13. The summed E-state index contributed by atoms with van der Waals surface area (Å²) in [5, 5.41) is 0. The highest BCUT2D eigenvalue weighted by atomic mass is 32.2. The number of benzene rings is 1. The topological polar surface area (TPSA) is 64.3 Å². The van der Waals surface area contributed by atoms with Crippen molar-refractivity contribution in [2.75, 3.05) is 20.4 Å². The van der Waals surface area contributed by atoms with E-state index >= 15 is 0 Å². The highest BCUT2D eigenvalue weighted by Crippen LogP contribution is 2.09. The van der Waals surface area contributed by atoms with E-state index in [2.05, 4.69) is 73.2 Å². The Morgan fingerprint density at radius 3 is 2.00 bits per heavy atom. The Morgan fingerprint density at radius 2 is 1.57 bits per heavy atom. The predicted octanol–water partition coefficient (Wildman–Crippen LogP) is 1.96. The zero-order valence-corrected chi connectivity index (χ0v) is 14.6. The molecular weight excluding hydrogens is 312 g/mol. The Kier molecular flexibility index (Phi) is 6.93. The van der Waals surface area contributed by atoms with Gasteiger partial charge in [0.2, 0.25) is 0 Å². The Balaban J connectivity index is 0.000000463. The zero-order valence-electron chi connectivity index (χ0n) is 13.8. The fourth-order valence-electron chi connectivity index (χ4n) is 1.80. The van der Waals surface area contributed by atoms with Gasteiger partial charge in [-0.05, 0) is 24.6 Å². The minimum Gasteiger partial charge on any atom is -0.748 e. The standard InChI is InChI=1S/C16H19N2.CH4O3S/c1-14-7-9-15(10-8-14)13-16(17(2)3)18-11-5-4-6-12-18;1-5(2,3)4/h4-13H,1-3H3;1H3,(H,2,3,4)/q+1;/p-1. The summed E-state index contributed by atoms with van der Waals surface area (Å²) in [6, 6.07) is 14.6. The van der Waals surface area contributed by atoms with Gasteiger partial charge in [-0.15, -0.1) is 0 Å². The SMILES string of the molecule is CS(=O)(=O)[O-].Cc1ccc(C=C(N(C)C)[n+]2ccccc2)cc1. The average Bonchev–Trinajstić information content (AvgIpc) is 2.45. The zero-order chi connectivity index (χ0) is 17.5. The molecule has 2 rings (SSSR count). The van der Waals surface area contributed by atoms with E-state index in [0.717, 1.165) is 5.82 Å². The van der Waals surface area contributed by atoms with Crippen LogP contribution in [0.1, 0.15) is 11.1 Å². The van der Waals surface area contributed by atoms with E-state index in [1.165, 1.54) is 11.1 Å². The summed E-state index contributed by atoms with van der Waals surface area (Å²) in [5.74, 6) is 1.14. The molecule has 0 saturated heterocycles. The second-order valence-corrected chi connectivity index (χ2v) is 6.70. The largest absolute Gasteiger partial charge is 0.748 e. The van der Waals surface area contributed by atoms with Crippen LogP contribution in [0.4, 0.5) is 0 Å². The van der Waals surface area contributed by atoms with Crippen LogP contribution in [0.3, 0.4) is 0 Å². The maximum absolute atomic E-state index is 9.08. The molecule has 6 heteroatoms. The summed E-state index contributed by atoms with van der Waals surface area (Å²) >= 11 is 0. The highest BCUT2D eigenvalue weighted by molar-refractivity contribution is 7.84. The summed E-state index contributed by atoms with van der Waals surface area (Å²) in [5.41, 5.74) is 2.49. The molecule has 0 bridgehead atoms. The molecule has 0 saturated carbocycles. The molecule has 0 N–H and O–H groups in total. The normalized spacial score (nSPS) is 11.4. The van der Waals surface area contributed by atoms with Crippen molar-refractivity contribution in [3.05, 3.63) is 66.0 Å². The van der Waals surface area contributed by atoms with Crippen LogP contribution in [0.5, 0.6) is 0 Å². The summed E-state index contributed by atoms with van der Waals surface area (Å²) in [7, 11) is 0.194. The molecule has 0 atom stereocenters. The quantitative estimate of drug-likeness (QED) is 0.636. The first-order chi connectivity index (χ1) is 10.7. The predicted molar refractivity (Wildman–Crippen MR) is 91.3 cm³/mol. The molecule has 1 aromatic heterocycles. The molecule has 124 valence electrons. The Hall–Kier alpha value is -2.18. The van der Waals surface area contributed by atoms with Crippen molar-refractivity contribution in [1.29, 1.82) is 0 Å². The summed E-state index contributed by atoms with van der Waals surface area (Å²) in [6.07, 6.45) is 6.90. The summed E-state index contributed by atoms with van der Waals surface area (Å²) < 4.78 is 29.3. The lowest BCUT2D eigenvalue weighted by Gasteiger charge is -2.10. The molecule has 5 nitrogen and oxygen atoms in total. The minimum absolute atomic E-state index is 0.604. The van der Waals surface area contributed by atoms with Crippen molar-refractivity contribution in [1.82, 2.24) is 4.90 Å². The molecule has 0 amide bonds. The van der Waals surface area contributed by atoms with E-state index in [1.807, 2.05) is 18.2 Å². The summed E-state index contributed by atoms with van der Waals surface area (Å²) in [6.45, 7) is 2.10. The molecular formula is C17H22N2O3S. The van der Waals surface area contributed by atoms with Crippen molar-refractivity contribution >= 4 is 22.0 Å². The van der Waals surface area contributed by atoms with E-state index in [4.69, 9.17) is 13.0 Å². The summed E-state index contributed by atoms with van der Waals surface area (Å²) in [4.78, 5) is 2.11. The van der Waals surface area contributed by atoms with Gasteiger partial charge in [-0.25, -0.2) is 13.0 Å². The molecule has 0 aliphatic rings. The van der Waals surface area contributed by atoms with Gasteiger partial charge in [0.1, 0.15) is 0 Å². The van der Waals surface area contributed by atoms with Gasteiger partial charge in [-0.2, -0.15) is 0 Å². The second-order valence-electron chi connectivity index (χ2n) is 5.29. The van der Waals surface area contributed by atoms with Crippen molar-refractivity contribution in [2.45, 2.75) is 6.92 Å². The Morgan fingerprint density at radius 1 is 1.09 bits per heavy atom. The van der Waals surface area contributed by atoms with Crippen molar-refractivity contribution in [3.63, 3.8) is 0 Å². The number of nitrogens with zero attached hydrogens (tertiary/aromatic N) is 2. The van der Waals surface area contributed by atoms with Gasteiger partial charge in [0.15, 0.2) is 0 Å². The molecule has 0 spiro atoms. The second kappa shape index (κ2) is 8.45. The molecule has 0 radical (unpaired) electrons. The van der Waals surface area contributed by atoms with Gasteiger partial charge in [0.05, 0.1) is 36.6 Å². The third-order valence-electron chi connectivity index (χ3n) is 2.81. The monoisotopic (exact) mass is 334 g/mol. The van der Waals surface area contributed by atoms with Crippen LogP contribution < -0.4 is 4.57 Å². The van der Waals surface area contributed by atoms with Crippen molar-refractivity contribution in [2.24, 2.45) is 0 Å². The van der Waals surface area contributed by atoms with Crippen molar-refractivity contribution in [3.8, 4) is 0 Å². The lowest BCUT2D eigenvalue weighted by molar-refractivity contribution is -0.590. The van der Waals surface area contributed by atoms with E-state index < -0.39 is 10.1 Å². The molecule has 1 aromatic carbocycles. The molecule has 23 heavy (non-hydrogen) atoms. The van der Waals surface area contributed by atoms with E-state index in [9.17, 15) is 0 Å². The molecule has 0 fully saturated rings. The van der Waals surface area contributed by atoms with Gasteiger partial charge in [0.25, 0.3) is 5.82 Å². The van der Waals surface area contributed by atoms with Crippen LogP contribution in [0.15, 0.2) is 54.9 Å². The first-order valence-corrected chi connectivity index (χ1v) is 8.81. The maximum Gasteiger partial charge on any atom is 0.281 e. The smallest absolute Gasteiger partial charge is 0.281 e. The Bertz CT molecular complexity index is 729. The van der Waals surface area contributed by atoms with E-state index in [-0.39, 0.29) is 0 Å². The Labute approximate surface area is 138 Å². The van der Waals surface area contributed by atoms with Crippen molar-refractivity contribution < 1.29 is 17.5 Å². The minimum atomic E-state index is -3.92. The molecule has 0 unspecified atom stereocenters. The average molecular weight is 334 g/mol. The van der Waals surface area contributed by atoms with E-state index in [1.54, 1.807) is 0 Å². The number of pyridine rings is 1. The molecule has 2 aromatic rings. The number of hydrogen-bond donors (Lipinski definition) is 0. The first-order valence-electron chi connectivity index (χ1n) is 7.00. The van der Waals surface area contributed by atoms with Gasteiger partial charge < -0.3 is 4.55 Å². The number of rotatable bonds is 3. The van der Waals surface area contributed by atoms with Crippen LogP contribution >= 0.6 is 0 Å². The van der Waals surface area contributed by atoms with Crippen LogP contribution in [-0.4, -0.2) is 38.2 Å². The molecule has 1 heterocycles. The molecule has 0 aliphatic heterocycles. The van der Waals surface area contributed by atoms with Gasteiger partial charge >= 0.3 is 0 Å². The highest BCUT2D eigenvalue weighted by Gasteiger charge is 2.10.